The van der Waals surface area contributed by atoms with Gasteiger partial charge in [0.15, 0.2) is 0 Å². The van der Waals surface area contributed by atoms with E-state index in [-0.39, 0.29) is 11.5 Å². The van der Waals surface area contributed by atoms with Crippen LogP contribution in [-0.4, -0.2) is 25.3 Å². The molecule has 2 unspecified atom stereocenters. The summed E-state index contributed by atoms with van der Waals surface area (Å²) in [5, 5.41) is 9.68. The molecular weight excluding hydrogens is 268 g/mol. The molecule has 0 bridgehead atoms. The number of benzene rings is 1. The standard InChI is InChI=1S/C17H22O4/c1-11-10-17(11,15(18)19)13-9-12(5-6-14(13)20-2)16(21-3)7-4-8-16/h5-6,9,11H,4,7-8,10H2,1-3H3,(H,18,19). The van der Waals surface area contributed by atoms with E-state index in [2.05, 4.69) is 0 Å². The molecule has 4 nitrogen and oxygen atoms in total. The summed E-state index contributed by atoms with van der Waals surface area (Å²) in [5.41, 5.74) is 0.844. The normalized spacial score (nSPS) is 29.6. The van der Waals surface area contributed by atoms with Crippen molar-refractivity contribution in [3.63, 3.8) is 0 Å². The molecule has 0 amide bonds. The summed E-state index contributed by atoms with van der Waals surface area (Å²) < 4.78 is 11.1. The van der Waals surface area contributed by atoms with Gasteiger partial charge in [0.05, 0.1) is 18.1 Å². The molecule has 0 saturated heterocycles. The van der Waals surface area contributed by atoms with Crippen molar-refractivity contribution in [2.75, 3.05) is 14.2 Å². The Balaban J connectivity index is 2.09. The van der Waals surface area contributed by atoms with Gasteiger partial charge in [-0.3, -0.25) is 4.79 Å². The number of rotatable bonds is 5. The fraction of sp³-hybridized carbons (Fsp3) is 0.588. The summed E-state index contributed by atoms with van der Waals surface area (Å²) in [6.07, 6.45) is 3.80. The molecule has 21 heavy (non-hydrogen) atoms. The first kappa shape index (κ1) is 14.4. The number of carbonyl (C=O) groups is 1. The van der Waals surface area contributed by atoms with Gasteiger partial charge in [-0.25, -0.2) is 0 Å². The minimum Gasteiger partial charge on any atom is -0.496 e. The molecule has 3 rings (SSSR count). The molecular formula is C17H22O4. The van der Waals surface area contributed by atoms with Crippen LogP contribution in [0.5, 0.6) is 5.75 Å². The Hall–Kier alpha value is -1.55. The fourth-order valence-corrected chi connectivity index (χ4v) is 3.66. The Bertz CT molecular complexity index is 571. The van der Waals surface area contributed by atoms with Crippen molar-refractivity contribution >= 4 is 5.97 Å². The van der Waals surface area contributed by atoms with Crippen LogP contribution in [0.15, 0.2) is 18.2 Å². The Labute approximate surface area is 125 Å². The van der Waals surface area contributed by atoms with Crippen LogP contribution in [0.25, 0.3) is 0 Å². The number of aliphatic carboxylic acids is 1. The van der Waals surface area contributed by atoms with Crippen LogP contribution in [0.3, 0.4) is 0 Å². The van der Waals surface area contributed by atoms with E-state index < -0.39 is 11.4 Å². The Morgan fingerprint density at radius 2 is 2.00 bits per heavy atom. The molecule has 2 atom stereocenters. The average Bonchev–Trinajstić information content (AvgIpc) is 3.11. The second-order valence-electron chi connectivity index (χ2n) is 6.35. The highest BCUT2D eigenvalue weighted by Gasteiger charge is 2.60. The third-order valence-corrected chi connectivity index (χ3v) is 5.45. The molecule has 0 aromatic heterocycles. The van der Waals surface area contributed by atoms with E-state index in [4.69, 9.17) is 9.47 Å². The average molecular weight is 290 g/mol. The van der Waals surface area contributed by atoms with E-state index in [1.54, 1.807) is 14.2 Å². The molecule has 0 spiro atoms. The minimum atomic E-state index is -0.792. The third-order valence-electron chi connectivity index (χ3n) is 5.45. The molecule has 4 heteroatoms. The molecule has 1 aromatic carbocycles. The second kappa shape index (κ2) is 4.73. The zero-order chi connectivity index (χ0) is 15.3. The van der Waals surface area contributed by atoms with Gasteiger partial charge in [-0.1, -0.05) is 13.0 Å². The van der Waals surface area contributed by atoms with Gasteiger partial charge in [-0.15, -0.1) is 0 Å². The quantitative estimate of drug-likeness (QED) is 0.905. The highest BCUT2D eigenvalue weighted by atomic mass is 16.5. The van der Waals surface area contributed by atoms with Crippen LogP contribution in [0, 0.1) is 5.92 Å². The lowest BCUT2D eigenvalue weighted by molar-refractivity contribution is -0.140. The van der Waals surface area contributed by atoms with E-state index in [0.717, 1.165) is 30.4 Å². The van der Waals surface area contributed by atoms with Crippen LogP contribution in [0.1, 0.15) is 43.7 Å². The number of hydrogen-bond acceptors (Lipinski definition) is 3. The van der Waals surface area contributed by atoms with E-state index in [1.165, 1.54) is 0 Å². The van der Waals surface area contributed by atoms with E-state index in [1.807, 2.05) is 25.1 Å². The molecule has 2 saturated carbocycles. The van der Waals surface area contributed by atoms with Gasteiger partial charge in [0, 0.05) is 12.7 Å². The summed E-state index contributed by atoms with van der Waals surface area (Å²) in [6.45, 7) is 1.98. The Morgan fingerprint density at radius 1 is 1.33 bits per heavy atom. The number of hydrogen-bond donors (Lipinski definition) is 1. The van der Waals surface area contributed by atoms with Gasteiger partial charge in [-0.05, 0) is 49.3 Å². The number of carboxylic acid groups (broad SMARTS) is 1. The maximum atomic E-state index is 11.8. The molecule has 1 aromatic rings. The van der Waals surface area contributed by atoms with Gasteiger partial charge >= 0.3 is 5.97 Å². The molecule has 2 fully saturated rings. The van der Waals surface area contributed by atoms with E-state index in [9.17, 15) is 9.90 Å². The second-order valence-corrected chi connectivity index (χ2v) is 6.35. The van der Waals surface area contributed by atoms with Crippen LogP contribution >= 0.6 is 0 Å². The Morgan fingerprint density at radius 3 is 2.38 bits per heavy atom. The molecule has 0 aliphatic heterocycles. The predicted octanol–water partition coefficient (Wildman–Crippen LogP) is 3.08. The summed E-state index contributed by atoms with van der Waals surface area (Å²) in [7, 11) is 3.33. The van der Waals surface area contributed by atoms with E-state index in [0.29, 0.717) is 12.2 Å². The monoisotopic (exact) mass is 290 g/mol. The van der Waals surface area contributed by atoms with Crippen molar-refractivity contribution in [1.29, 1.82) is 0 Å². The molecule has 0 radical (unpaired) electrons. The topological polar surface area (TPSA) is 55.8 Å². The maximum absolute atomic E-state index is 11.8. The van der Waals surface area contributed by atoms with Gasteiger partial charge in [0.2, 0.25) is 0 Å². The summed E-state index contributed by atoms with van der Waals surface area (Å²) in [4.78, 5) is 11.8. The third kappa shape index (κ3) is 1.89. The van der Waals surface area contributed by atoms with Crippen molar-refractivity contribution in [1.82, 2.24) is 0 Å². The van der Waals surface area contributed by atoms with Gasteiger partial charge in [0.25, 0.3) is 0 Å². The zero-order valence-electron chi connectivity index (χ0n) is 12.8. The van der Waals surface area contributed by atoms with Crippen molar-refractivity contribution in [2.45, 2.75) is 43.6 Å². The predicted molar refractivity (Wildman–Crippen MR) is 78.6 cm³/mol. The molecule has 1 N–H and O–H groups in total. The molecule has 2 aliphatic rings. The highest BCUT2D eigenvalue weighted by Crippen LogP contribution is 2.57. The largest absolute Gasteiger partial charge is 0.496 e. The van der Waals surface area contributed by atoms with Crippen molar-refractivity contribution in [3.05, 3.63) is 29.3 Å². The van der Waals surface area contributed by atoms with Crippen molar-refractivity contribution < 1.29 is 19.4 Å². The summed E-state index contributed by atoms with van der Waals surface area (Å²) in [6, 6.07) is 5.90. The first-order valence-electron chi connectivity index (χ1n) is 7.48. The number of methoxy groups -OCH3 is 2. The van der Waals surface area contributed by atoms with E-state index >= 15 is 0 Å². The van der Waals surface area contributed by atoms with Gasteiger partial charge < -0.3 is 14.6 Å². The van der Waals surface area contributed by atoms with Crippen molar-refractivity contribution in [3.8, 4) is 5.75 Å². The lowest BCUT2D eigenvalue weighted by Crippen LogP contribution is -2.36. The Kier molecular flexibility index (Phi) is 3.24. The fourth-order valence-electron chi connectivity index (χ4n) is 3.66. The maximum Gasteiger partial charge on any atom is 0.314 e. The van der Waals surface area contributed by atoms with Crippen LogP contribution in [0.4, 0.5) is 0 Å². The SMILES string of the molecule is COc1ccc(C2(OC)CCC2)cc1C1(C(=O)O)CC1C. The zero-order valence-corrected chi connectivity index (χ0v) is 12.8. The lowest BCUT2D eigenvalue weighted by Gasteiger charge is -2.41. The van der Waals surface area contributed by atoms with Crippen LogP contribution in [-0.2, 0) is 20.5 Å². The smallest absolute Gasteiger partial charge is 0.314 e. The molecule has 2 aliphatic carbocycles. The van der Waals surface area contributed by atoms with Crippen LogP contribution < -0.4 is 4.74 Å². The van der Waals surface area contributed by atoms with Crippen LogP contribution in [0.2, 0.25) is 0 Å². The summed E-state index contributed by atoms with van der Waals surface area (Å²) in [5.74, 6) is 0.0423. The number of carboxylic acids is 1. The highest BCUT2D eigenvalue weighted by molar-refractivity contribution is 5.87. The first-order chi connectivity index (χ1) is 10.00. The summed E-state index contributed by atoms with van der Waals surface area (Å²) >= 11 is 0. The lowest BCUT2D eigenvalue weighted by atomic mass is 9.73. The number of ether oxygens (including phenoxy) is 2. The molecule has 114 valence electrons. The first-order valence-corrected chi connectivity index (χ1v) is 7.48. The van der Waals surface area contributed by atoms with Gasteiger partial charge in [-0.2, -0.15) is 0 Å². The van der Waals surface area contributed by atoms with Crippen molar-refractivity contribution in [2.24, 2.45) is 5.92 Å². The molecule has 0 heterocycles. The minimum absolute atomic E-state index is 0.138. The van der Waals surface area contributed by atoms with Gasteiger partial charge in [0.1, 0.15) is 5.75 Å².